The highest BCUT2D eigenvalue weighted by atomic mass is 35.5. The van der Waals surface area contributed by atoms with Gasteiger partial charge in [0.2, 0.25) is 11.7 Å². The van der Waals surface area contributed by atoms with Crippen LogP contribution in [-0.4, -0.2) is 77.1 Å². The van der Waals surface area contributed by atoms with Crippen LogP contribution in [0.2, 0.25) is 5.02 Å². The summed E-state index contributed by atoms with van der Waals surface area (Å²) in [6.45, 7) is 8.65. The maximum absolute atomic E-state index is 14.5. The largest absolute Gasteiger partial charge is 0.504 e. The zero-order chi connectivity index (χ0) is 39.1. The molecule has 6 heterocycles. The van der Waals surface area contributed by atoms with E-state index in [0.717, 1.165) is 29.3 Å². The number of anilines is 2. The molecule has 8 rings (SSSR count). The van der Waals surface area contributed by atoms with E-state index in [1.54, 1.807) is 11.5 Å². The average molecular weight is 778 g/mol. The fourth-order valence-electron chi connectivity index (χ4n) is 7.69. The third kappa shape index (κ3) is 6.14. The Morgan fingerprint density at radius 2 is 1.82 bits per heavy atom. The van der Waals surface area contributed by atoms with E-state index in [1.807, 2.05) is 43.9 Å². The summed E-state index contributed by atoms with van der Waals surface area (Å²) in [5.74, 6) is -1.34. The molecular weight excluding hydrogens is 743 g/mol. The van der Waals surface area contributed by atoms with Crippen molar-refractivity contribution in [3.05, 3.63) is 91.9 Å². The Bertz CT molecular complexity index is 2480. The molecule has 5 aromatic rings. The molecule has 0 radical (unpaired) electrons. The van der Waals surface area contributed by atoms with Gasteiger partial charge in [0.15, 0.2) is 17.3 Å². The Kier molecular flexibility index (Phi) is 8.64. The van der Waals surface area contributed by atoms with Gasteiger partial charge in [-0.25, -0.2) is 9.97 Å². The van der Waals surface area contributed by atoms with Crippen molar-refractivity contribution in [1.29, 1.82) is 0 Å². The molecule has 1 saturated heterocycles. The van der Waals surface area contributed by atoms with Crippen molar-refractivity contribution in [2.45, 2.75) is 64.5 Å². The van der Waals surface area contributed by atoms with E-state index in [1.165, 1.54) is 15.7 Å². The van der Waals surface area contributed by atoms with Crippen LogP contribution in [0.25, 0.3) is 17.2 Å². The minimum atomic E-state index is -4.62. The molecule has 2 amide bonds. The Morgan fingerprint density at radius 1 is 1.07 bits per heavy atom. The van der Waals surface area contributed by atoms with Crippen LogP contribution in [0.4, 0.5) is 24.5 Å². The van der Waals surface area contributed by atoms with Gasteiger partial charge in [-0.05, 0) is 62.6 Å². The van der Waals surface area contributed by atoms with Gasteiger partial charge in [-0.2, -0.15) is 22.7 Å². The van der Waals surface area contributed by atoms with Crippen LogP contribution in [0.3, 0.4) is 0 Å². The quantitative estimate of drug-likeness (QED) is 0.235. The van der Waals surface area contributed by atoms with Crippen molar-refractivity contribution in [3.63, 3.8) is 0 Å². The Balaban J connectivity index is 1.19. The fraction of sp³-hybridized carbons (Fsp3) is 0.378. The molecular formula is C37H35ClF3N9O5. The molecule has 14 nitrogen and oxygen atoms in total. The molecule has 0 unspecified atom stereocenters. The summed E-state index contributed by atoms with van der Waals surface area (Å²) in [7, 11) is 0. The number of amides is 2. The standard InChI is InChI=1S/C37H35ClF3N9O5/c1-18-13-26(32(52)44-25-8-6-22(15-24(25)38)37(39,40)41)49-28(18)29(47-9-11-48(12-10-47)33(53)27-30(51)19(2)42-17-43-27)34(54)50-35(49)45-31(46-50)20-5-7-23-21(14-20)16-55-36(23,3)4/h5-8,14-15,17-18,26,51H,9-13,16H2,1-4H3,(H,44,52)/t18-,26-/m1/s1. The zero-order valence-corrected chi connectivity index (χ0v) is 30.9. The zero-order valence-electron chi connectivity index (χ0n) is 30.1. The third-order valence-corrected chi connectivity index (χ3v) is 10.9. The lowest BCUT2D eigenvalue weighted by Crippen LogP contribution is -2.51. The number of aromatic nitrogens is 6. The van der Waals surface area contributed by atoms with Crippen molar-refractivity contribution >= 4 is 40.6 Å². The number of carbonyl (C=O) groups is 2. The van der Waals surface area contributed by atoms with Gasteiger partial charge in [0, 0.05) is 37.7 Å². The van der Waals surface area contributed by atoms with Crippen molar-refractivity contribution in [2.24, 2.45) is 0 Å². The molecule has 18 heteroatoms. The molecule has 2 aromatic carbocycles. The number of nitrogens with one attached hydrogen (secondary N) is 1. The van der Waals surface area contributed by atoms with Crippen LogP contribution in [0.1, 0.15) is 77.7 Å². The molecule has 2 atom stereocenters. The summed E-state index contributed by atoms with van der Waals surface area (Å²) in [6, 6.07) is 7.45. The second-order valence-corrected chi connectivity index (χ2v) is 14.9. The van der Waals surface area contributed by atoms with E-state index in [2.05, 4.69) is 20.4 Å². The molecule has 0 aliphatic carbocycles. The van der Waals surface area contributed by atoms with Crippen LogP contribution in [0, 0.1) is 6.92 Å². The van der Waals surface area contributed by atoms with Crippen molar-refractivity contribution in [1.82, 2.24) is 34.0 Å². The van der Waals surface area contributed by atoms with Crippen LogP contribution >= 0.6 is 11.6 Å². The molecule has 0 spiro atoms. The van der Waals surface area contributed by atoms with Crippen LogP contribution < -0.4 is 15.8 Å². The number of alkyl halides is 3. The molecule has 3 aliphatic rings. The number of ether oxygens (including phenoxy) is 1. The van der Waals surface area contributed by atoms with E-state index in [-0.39, 0.29) is 83.7 Å². The normalized spacial score (nSPS) is 19.1. The minimum absolute atomic E-state index is 0.00537. The molecule has 3 aliphatic heterocycles. The Labute approximate surface area is 316 Å². The lowest BCUT2D eigenvalue weighted by molar-refractivity contribution is -0.137. The first-order valence-corrected chi connectivity index (χ1v) is 18.0. The topological polar surface area (TPSA) is 160 Å². The summed E-state index contributed by atoms with van der Waals surface area (Å²) in [5.41, 5.74) is 1.70. The summed E-state index contributed by atoms with van der Waals surface area (Å²) >= 11 is 6.22. The second-order valence-electron chi connectivity index (χ2n) is 14.5. The Morgan fingerprint density at radius 3 is 2.53 bits per heavy atom. The van der Waals surface area contributed by atoms with Gasteiger partial charge in [-0.1, -0.05) is 30.7 Å². The van der Waals surface area contributed by atoms with Gasteiger partial charge in [0.1, 0.15) is 18.1 Å². The monoisotopic (exact) mass is 777 g/mol. The molecule has 3 aromatic heterocycles. The summed E-state index contributed by atoms with van der Waals surface area (Å²) in [4.78, 5) is 58.1. The summed E-state index contributed by atoms with van der Waals surface area (Å²) in [5, 5.41) is 17.5. The predicted octanol–water partition coefficient (Wildman–Crippen LogP) is 5.45. The summed E-state index contributed by atoms with van der Waals surface area (Å²) in [6.07, 6.45) is -3.18. The number of fused-ring (bicyclic) bond motifs is 4. The third-order valence-electron chi connectivity index (χ3n) is 10.6. The molecule has 0 saturated carbocycles. The number of piperazine rings is 1. The lowest BCUT2D eigenvalue weighted by Gasteiger charge is -2.36. The first-order chi connectivity index (χ1) is 26.0. The number of nitrogens with zero attached hydrogens (tertiary/aromatic N) is 8. The van der Waals surface area contributed by atoms with Gasteiger partial charge in [0.25, 0.3) is 11.5 Å². The van der Waals surface area contributed by atoms with Crippen molar-refractivity contribution in [2.75, 3.05) is 36.4 Å². The van der Waals surface area contributed by atoms with Crippen LogP contribution in [-0.2, 0) is 27.9 Å². The highest BCUT2D eigenvalue weighted by Crippen LogP contribution is 2.43. The second kappa shape index (κ2) is 13.0. The molecule has 1 fully saturated rings. The van der Waals surface area contributed by atoms with Crippen molar-refractivity contribution < 1.29 is 32.6 Å². The SMILES string of the molecule is Cc1ncnc(C(=O)N2CCN(c3c4n(c5nc(-c6ccc7c(c6)COC7(C)C)nn5c3=O)[C@@H](C(=O)Nc3ccc(C(F)(F)F)cc3Cl)C[C@H]4C)CC2)c1O. The number of hydrogen-bond acceptors (Lipinski definition) is 10. The van der Waals surface area contributed by atoms with Crippen LogP contribution in [0.5, 0.6) is 5.75 Å². The number of hydrogen-bond donors (Lipinski definition) is 2. The minimum Gasteiger partial charge on any atom is -0.504 e. The number of rotatable bonds is 5. The van der Waals surface area contributed by atoms with E-state index in [0.29, 0.717) is 17.9 Å². The van der Waals surface area contributed by atoms with Gasteiger partial charge in [-0.3, -0.25) is 19.0 Å². The number of carbonyl (C=O) groups excluding carboxylic acids is 2. The van der Waals surface area contributed by atoms with Gasteiger partial charge in [0.05, 0.1) is 39.9 Å². The first-order valence-electron chi connectivity index (χ1n) is 17.6. The van der Waals surface area contributed by atoms with E-state index in [4.69, 9.17) is 21.3 Å². The Hall–Kier alpha value is -5.55. The highest BCUT2D eigenvalue weighted by Gasteiger charge is 2.41. The number of benzene rings is 2. The number of halogens is 4. The maximum atomic E-state index is 14.5. The lowest BCUT2D eigenvalue weighted by atomic mass is 9.94. The molecule has 0 bridgehead atoms. The van der Waals surface area contributed by atoms with Gasteiger partial charge < -0.3 is 25.0 Å². The van der Waals surface area contributed by atoms with E-state index in [9.17, 15) is 32.7 Å². The van der Waals surface area contributed by atoms with Gasteiger partial charge in [-0.15, -0.1) is 5.10 Å². The fourth-order valence-corrected chi connectivity index (χ4v) is 7.92. The number of aryl methyl sites for hydroxylation is 1. The van der Waals surface area contributed by atoms with Gasteiger partial charge >= 0.3 is 6.18 Å². The van der Waals surface area contributed by atoms with Crippen molar-refractivity contribution in [3.8, 4) is 17.1 Å². The van der Waals surface area contributed by atoms with Crippen LogP contribution in [0.15, 0.2) is 47.5 Å². The summed E-state index contributed by atoms with van der Waals surface area (Å²) < 4.78 is 48.8. The molecule has 286 valence electrons. The number of aromatic hydroxyl groups is 1. The average Bonchev–Trinajstić information content (AvgIpc) is 3.83. The predicted molar refractivity (Wildman–Crippen MR) is 194 cm³/mol. The first kappa shape index (κ1) is 36.4. The molecule has 55 heavy (non-hydrogen) atoms. The highest BCUT2D eigenvalue weighted by molar-refractivity contribution is 6.33. The molecule has 2 N–H and O–H groups in total. The van der Waals surface area contributed by atoms with E-state index < -0.39 is 40.8 Å². The van der Waals surface area contributed by atoms with E-state index >= 15 is 0 Å². The smallest absolute Gasteiger partial charge is 0.416 e. The maximum Gasteiger partial charge on any atom is 0.416 e.